The van der Waals surface area contributed by atoms with E-state index in [2.05, 4.69) is 0 Å². The maximum atomic E-state index is 8.57. The van der Waals surface area contributed by atoms with Crippen molar-refractivity contribution >= 4 is 232 Å². The summed E-state index contributed by atoms with van der Waals surface area (Å²) in [6.45, 7) is 0. The minimum absolute atomic E-state index is 0. The van der Waals surface area contributed by atoms with Gasteiger partial charge in [0.2, 0.25) is 0 Å². The Morgan fingerprint density at radius 3 is 0.136 bits per heavy atom. The van der Waals surface area contributed by atoms with Gasteiger partial charge in [0, 0.05) is 0 Å². The van der Waals surface area contributed by atoms with Crippen molar-refractivity contribution in [3.8, 4) is 0 Å². The van der Waals surface area contributed by atoms with Gasteiger partial charge in [0.05, 0.1) is 0 Å². The van der Waals surface area contributed by atoms with Crippen molar-refractivity contribution in [2.45, 2.75) is 0 Å². The average molecular weight is 1240 g/mol. The topological polar surface area (TPSA) is 560 Å². The summed E-state index contributed by atoms with van der Waals surface area (Å²) in [6, 6.07) is 0. The Hall–Kier alpha value is 16.0. The summed E-state index contributed by atoms with van der Waals surface area (Å²) >= 11 is -22.5. The summed E-state index contributed by atoms with van der Waals surface area (Å²) in [7, 11) is 0. The summed E-state index contributed by atoms with van der Waals surface area (Å²) in [4.78, 5) is 0. The van der Waals surface area contributed by atoms with E-state index in [-0.39, 0.29) is 434 Å². The second-order valence-electron chi connectivity index (χ2n) is 1.58. The first-order valence-electron chi connectivity index (χ1n) is 7.41. The Balaban J connectivity index is -0.00000000314. The van der Waals surface area contributed by atoms with Gasteiger partial charge < -0.3 is 20.0 Å². The Morgan fingerprint density at radius 1 is 0.136 bits per heavy atom. The summed E-state index contributed by atoms with van der Waals surface area (Å²) in [5, 5.41) is 0. The zero-order valence-corrected chi connectivity index (χ0v) is 80.8. The van der Waals surface area contributed by atoms with E-state index in [1.54, 1.807) is 0 Å². The van der Waals surface area contributed by atoms with Crippen LogP contribution in [0.15, 0.2) is 0 Å². The molecule has 268 valence electrons. The van der Waals surface area contributed by atoms with Crippen LogP contribution in [0, 0.1) is 0 Å². The van der Waals surface area contributed by atoms with Gasteiger partial charge in [0.25, 0.3) is 0 Å². The normalized spacial score (nSPS) is 2.03. The Labute approximate surface area is 765 Å². The second kappa shape index (κ2) is 410. The van der Waals surface area contributed by atoms with Crippen molar-refractivity contribution < 1.29 is 553 Å². The summed E-state index contributed by atoms with van der Waals surface area (Å²) in [6.07, 6.45) is 0. The van der Waals surface area contributed by atoms with Crippen molar-refractivity contribution in [3.63, 3.8) is 0 Å². The van der Waals surface area contributed by atoms with Crippen LogP contribution >= 0.6 is 0 Å². The maximum absolute atomic E-state index is 8.57. The third-order valence-electron chi connectivity index (χ3n) is 0. The molecule has 59 heavy (non-hydrogen) atoms. The van der Waals surface area contributed by atoms with E-state index in [4.69, 9.17) is 119 Å². The quantitative estimate of drug-likeness (QED) is 0.100. The van der Waals surface area contributed by atoms with Gasteiger partial charge in [-0.3, -0.25) is 0 Å². The van der Waals surface area contributed by atoms with Gasteiger partial charge in [-0.15, -0.1) is 0 Å². The molecule has 0 heterocycles. The van der Waals surface area contributed by atoms with Crippen LogP contribution in [0.25, 0.3) is 0 Å². The SMILES string of the molecule is [H-].[H-].[H-].[H-].[H-].[H-].[H-].[H-].[H-].[H-].[H-].[H-].[H-].[H-].[Na+].[Na+].[Na+].[Na+].[Na+].[Na+].[Na+].[Na+].[Na+].[Na+].[Na+].[Na+].[Na+].[Na+].[O]=[Al][OH].[O]=[Al][OH].[O]=[Al][OH].[O]=[Al][OH].[O]=[Al][OH].[O]=[Al][OH].[O]=[Al][OH].[O]=[Al][OH].[O]=[Al][OH].[O]=[Al][OH].[O]=[Al][OH].[O]=[Al][OH].[O]=[Al][OH].[O]=[Al][OH].[O]=[Al][OH]. The zero-order valence-electron chi connectivity index (χ0n) is 49.5. The standard InChI is InChI=1S/15Al.14Na.15H2O.15O.14H/h;;;;;;;;;;;;;;;;;;;;;;;;;;;;;15*1H2;;;;;;;;;;;;;;;;;;;;;;;;;;;;;/q29*+1;;;;;;;;;;;;;;;;;;;;;;;;;;;;;;;14*-1/p-15. The molecule has 0 aromatic heterocycles. The Morgan fingerprint density at radius 2 is 0.136 bits per heavy atom. The van der Waals surface area contributed by atoms with Gasteiger partial charge in [-0.2, -0.15) is 0 Å². The molecule has 0 bridgehead atoms. The fourth-order valence-electron chi connectivity index (χ4n) is 0. The van der Waals surface area contributed by atoms with Crippen molar-refractivity contribution in [1.82, 2.24) is 0 Å². The molecule has 0 amide bonds. The Bertz CT molecular complexity index is 428. The number of rotatable bonds is 0. The molecule has 0 saturated carbocycles. The number of hydrogen-bond donors (Lipinski definition) is 15. The molecule has 0 aliphatic rings. The van der Waals surface area contributed by atoms with E-state index in [0.717, 1.165) is 0 Å². The van der Waals surface area contributed by atoms with Crippen LogP contribution in [0.2, 0.25) is 0 Å². The third kappa shape index (κ3) is 1500. The van der Waals surface area contributed by atoms with Crippen LogP contribution < -0.4 is 414 Å². The van der Waals surface area contributed by atoms with Gasteiger partial charge in [-0.1, -0.05) is 0 Å². The molecule has 15 N–H and O–H groups in total. The van der Waals surface area contributed by atoms with E-state index in [1.807, 2.05) is 0 Å². The molecule has 0 aromatic carbocycles. The van der Waals surface area contributed by atoms with Gasteiger partial charge in [0.1, 0.15) is 0 Å². The van der Waals surface area contributed by atoms with E-state index in [1.165, 1.54) is 0 Å². The van der Waals surface area contributed by atoms with Crippen LogP contribution in [0.5, 0.6) is 0 Å². The molecule has 0 rings (SSSR count). The van der Waals surface area contributed by atoms with Crippen molar-refractivity contribution in [1.29, 1.82) is 0 Å². The second-order valence-corrected chi connectivity index (χ2v) is 4.74. The first-order valence-corrected chi connectivity index (χ1v) is 22.2. The molecule has 0 radical (unpaired) electrons. The molecule has 59 heteroatoms. The first kappa shape index (κ1) is 194. The summed E-state index contributed by atoms with van der Waals surface area (Å²) in [5.74, 6) is 0. The molecular weight excluding hydrogens is 1210 g/mol. The molecule has 0 fully saturated rings. The monoisotopic (exact) mass is 1240 g/mol. The van der Waals surface area contributed by atoms with Crippen LogP contribution in [-0.4, -0.2) is 295 Å². The van der Waals surface area contributed by atoms with E-state index in [0.29, 0.717) is 0 Å². The average Bonchev–Trinajstić information content (AvgIpc) is 2.91. The minimum atomic E-state index is -1.50. The molecular formula is H29Al15Na14O30. The van der Waals surface area contributed by atoms with Crippen LogP contribution in [0.4, 0.5) is 0 Å². The van der Waals surface area contributed by atoms with Gasteiger partial charge >= 0.3 is 766 Å². The van der Waals surface area contributed by atoms with Gasteiger partial charge in [-0.05, 0) is 0 Å². The summed E-state index contributed by atoms with van der Waals surface area (Å²) < 4.78 is 235. The van der Waals surface area contributed by atoms with E-state index < -0.39 is 232 Å². The zero-order chi connectivity index (χ0) is 40.6. The fraction of sp³-hybridized carbons (Fsp3) is 0. The number of hydrogen-bond acceptors (Lipinski definition) is 15. The first-order chi connectivity index (χ1) is 21.2. The van der Waals surface area contributed by atoms with E-state index >= 15 is 0 Å². The fourth-order valence-corrected chi connectivity index (χ4v) is 0. The van der Waals surface area contributed by atoms with E-state index in [9.17, 15) is 0 Å². The molecule has 0 aliphatic carbocycles. The predicted octanol–water partition coefficient (Wildman–Crippen LogP) is -56.2. The molecule has 0 spiro atoms. The van der Waals surface area contributed by atoms with Crippen LogP contribution in [0.1, 0.15) is 20.0 Å². The predicted molar refractivity (Wildman–Crippen MR) is 145 cm³/mol. The molecule has 0 aliphatic heterocycles. The van der Waals surface area contributed by atoms with Crippen molar-refractivity contribution in [2.75, 3.05) is 0 Å². The van der Waals surface area contributed by atoms with Crippen LogP contribution in [-0.2, 0) is 57.1 Å². The third-order valence-corrected chi connectivity index (χ3v) is 0. The van der Waals surface area contributed by atoms with Crippen molar-refractivity contribution in [2.24, 2.45) is 0 Å². The van der Waals surface area contributed by atoms with Gasteiger partial charge in [-0.25, -0.2) is 0 Å². The molecule has 30 nitrogen and oxygen atoms in total. The summed E-state index contributed by atoms with van der Waals surface area (Å²) in [5.41, 5.74) is 0. The van der Waals surface area contributed by atoms with Gasteiger partial charge in [0.15, 0.2) is 0 Å². The van der Waals surface area contributed by atoms with Crippen molar-refractivity contribution in [3.05, 3.63) is 0 Å². The molecule has 0 aromatic rings. The van der Waals surface area contributed by atoms with Crippen LogP contribution in [0.3, 0.4) is 0 Å². The Kier molecular flexibility index (Phi) is 1350. The molecule has 0 unspecified atom stereocenters. The molecule has 0 saturated heterocycles. The molecule has 0 atom stereocenters.